The molecule has 4 N–H and O–H groups in total. The number of amides is 1. The summed E-state index contributed by atoms with van der Waals surface area (Å²) in [5, 5.41) is 0. The number of nitrogens with zero attached hydrogens (tertiary/aromatic N) is 2. The van der Waals surface area contributed by atoms with E-state index in [-0.39, 0.29) is 23.9 Å². The van der Waals surface area contributed by atoms with Crippen molar-refractivity contribution in [3.05, 3.63) is 0 Å². The molecule has 2 atom stereocenters. The van der Waals surface area contributed by atoms with Crippen LogP contribution in [0.5, 0.6) is 0 Å². The molecule has 5 heteroatoms. The fourth-order valence-electron chi connectivity index (χ4n) is 2.55. The molecule has 0 aromatic heterocycles. The number of likely N-dealkylation sites (tertiary alicyclic amines) is 2. The lowest BCUT2D eigenvalue weighted by Gasteiger charge is -2.30. The van der Waals surface area contributed by atoms with Crippen molar-refractivity contribution >= 4 is 5.91 Å². The molecule has 5 nitrogen and oxygen atoms in total. The van der Waals surface area contributed by atoms with Crippen LogP contribution < -0.4 is 11.5 Å². The van der Waals surface area contributed by atoms with Crippen LogP contribution in [0.4, 0.5) is 0 Å². The van der Waals surface area contributed by atoms with Gasteiger partial charge in [-0.05, 0) is 33.0 Å². The molecule has 2 rings (SSSR count). The summed E-state index contributed by atoms with van der Waals surface area (Å²) in [6.45, 7) is 3.30. The van der Waals surface area contributed by atoms with Crippen molar-refractivity contribution in [1.82, 2.24) is 9.80 Å². The molecule has 0 bridgehead atoms. The van der Waals surface area contributed by atoms with Crippen LogP contribution in [0.3, 0.4) is 0 Å². The summed E-state index contributed by atoms with van der Waals surface area (Å²) in [7, 11) is 2.10. The molecule has 2 aliphatic rings. The van der Waals surface area contributed by atoms with Gasteiger partial charge in [0.25, 0.3) is 0 Å². The first kappa shape index (κ1) is 11.8. The van der Waals surface area contributed by atoms with Gasteiger partial charge in [0.1, 0.15) is 0 Å². The second-order valence-electron chi connectivity index (χ2n) is 5.15. The summed E-state index contributed by atoms with van der Waals surface area (Å²) in [5.74, 6) is 0.449. The average Bonchev–Trinajstić information content (AvgIpc) is 2.59. The average molecular weight is 226 g/mol. The van der Waals surface area contributed by atoms with Crippen molar-refractivity contribution in [2.75, 3.05) is 33.2 Å². The van der Waals surface area contributed by atoms with Gasteiger partial charge in [-0.2, -0.15) is 0 Å². The normalized spacial score (nSPS) is 33.3. The molecule has 2 saturated heterocycles. The quantitative estimate of drug-likeness (QED) is 0.590. The zero-order chi connectivity index (χ0) is 11.7. The lowest BCUT2D eigenvalue weighted by molar-refractivity contribution is -0.135. The molecular weight excluding hydrogens is 204 g/mol. The van der Waals surface area contributed by atoms with Gasteiger partial charge < -0.3 is 21.3 Å². The molecule has 0 aromatic rings. The molecule has 0 radical (unpaired) electrons. The van der Waals surface area contributed by atoms with Gasteiger partial charge in [0.15, 0.2) is 0 Å². The molecule has 16 heavy (non-hydrogen) atoms. The Morgan fingerprint density at radius 1 is 1.12 bits per heavy atom. The number of nitrogens with two attached hydrogens (primary N) is 2. The van der Waals surface area contributed by atoms with E-state index in [1.807, 2.05) is 4.90 Å². The van der Waals surface area contributed by atoms with Crippen molar-refractivity contribution in [1.29, 1.82) is 0 Å². The Bertz CT molecular complexity index is 253. The fraction of sp³-hybridized carbons (Fsp3) is 0.909. The lowest BCUT2D eigenvalue weighted by Crippen LogP contribution is -2.41. The van der Waals surface area contributed by atoms with Gasteiger partial charge in [-0.3, -0.25) is 4.79 Å². The van der Waals surface area contributed by atoms with Gasteiger partial charge >= 0.3 is 0 Å². The summed E-state index contributed by atoms with van der Waals surface area (Å²) in [6.07, 6.45) is 1.94. The third kappa shape index (κ3) is 2.36. The van der Waals surface area contributed by atoms with Crippen LogP contribution in [0.2, 0.25) is 0 Å². The van der Waals surface area contributed by atoms with Gasteiger partial charge in [-0.15, -0.1) is 0 Å². The van der Waals surface area contributed by atoms with Gasteiger partial charge in [0, 0.05) is 31.1 Å². The highest BCUT2D eigenvalue weighted by Gasteiger charge is 2.34. The molecule has 92 valence electrons. The minimum absolute atomic E-state index is 0.0461. The van der Waals surface area contributed by atoms with E-state index in [0.29, 0.717) is 13.1 Å². The fourth-order valence-corrected chi connectivity index (χ4v) is 2.55. The van der Waals surface area contributed by atoms with Crippen molar-refractivity contribution in [2.24, 2.45) is 17.4 Å². The maximum absolute atomic E-state index is 12.2. The van der Waals surface area contributed by atoms with Gasteiger partial charge in [0.2, 0.25) is 5.91 Å². The summed E-state index contributed by atoms with van der Waals surface area (Å²) < 4.78 is 0. The highest BCUT2D eigenvalue weighted by Crippen LogP contribution is 2.20. The Hall–Kier alpha value is -0.650. The zero-order valence-corrected chi connectivity index (χ0v) is 9.93. The first-order chi connectivity index (χ1) is 7.58. The van der Waals surface area contributed by atoms with E-state index in [0.717, 1.165) is 25.9 Å². The van der Waals surface area contributed by atoms with Crippen LogP contribution in [0.25, 0.3) is 0 Å². The van der Waals surface area contributed by atoms with Crippen LogP contribution in [0.1, 0.15) is 12.8 Å². The van der Waals surface area contributed by atoms with Crippen molar-refractivity contribution < 1.29 is 4.79 Å². The Kier molecular flexibility index (Phi) is 3.47. The maximum atomic E-state index is 12.2. The van der Waals surface area contributed by atoms with E-state index in [1.165, 1.54) is 0 Å². The van der Waals surface area contributed by atoms with Crippen LogP contribution >= 0.6 is 0 Å². The molecule has 2 unspecified atom stereocenters. The van der Waals surface area contributed by atoms with Crippen LogP contribution in [-0.2, 0) is 4.79 Å². The number of carbonyl (C=O) groups is 1. The third-order valence-corrected chi connectivity index (χ3v) is 3.79. The monoisotopic (exact) mass is 226 g/mol. The van der Waals surface area contributed by atoms with Crippen LogP contribution in [-0.4, -0.2) is 61.0 Å². The Morgan fingerprint density at radius 3 is 2.12 bits per heavy atom. The predicted octanol–water partition coefficient (Wildman–Crippen LogP) is -1.17. The van der Waals surface area contributed by atoms with Crippen LogP contribution in [0.15, 0.2) is 0 Å². The SMILES string of the molecule is CN1CCC(C(=O)N2CC(N)C(N)C2)CC1. The van der Waals surface area contributed by atoms with Crippen molar-refractivity contribution in [3.63, 3.8) is 0 Å². The first-order valence-electron chi connectivity index (χ1n) is 6.06. The minimum Gasteiger partial charge on any atom is -0.339 e. The topological polar surface area (TPSA) is 75.6 Å². The molecule has 1 amide bonds. The largest absolute Gasteiger partial charge is 0.339 e. The number of rotatable bonds is 1. The molecule has 0 spiro atoms. The highest BCUT2D eigenvalue weighted by molar-refractivity contribution is 5.79. The van der Waals surface area contributed by atoms with Crippen molar-refractivity contribution in [2.45, 2.75) is 24.9 Å². The van der Waals surface area contributed by atoms with Gasteiger partial charge in [-0.25, -0.2) is 0 Å². The predicted molar refractivity (Wildman–Crippen MR) is 62.8 cm³/mol. The smallest absolute Gasteiger partial charge is 0.225 e. The summed E-state index contributed by atoms with van der Waals surface area (Å²) >= 11 is 0. The standard InChI is InChI=1S/C11H22N4O/c1-14-4-2-8(3-5-14)11(16)15-6-9(12)10(13)7-15/h8-10H,2-7,12-13H2,1H3. The second kappa shape index (κ2) is 4.69. The van der Waals surface area contributed by atoms with E-state index in [2.05, 4.69) is 11.9 Å². The van der Waals surface area contributed by atoms with E-state index < -0.39 is 0 Å². The minimum atomic E-state index is -0.0461. The Morgan fingerprint density at radius 2 is 1.62 bits per heavy atom. The summed E-state index contributed by atoms with van der Waals surface area (Å²) in [6, 6.07) is -0.0922. The number of carbonyl (C=O) groups excluding carboxylic acids is 1. The number of hydrogen-bond donors (Lipinski definition) is 2. The van der Waals surface area contributed by atoms with E-state index >= 15 is 0 Å². The molecule has 0 aromatic carbocycles. The first-order valence-corrected chi connectivity index (χ1v) is 6.06. The molecular formula is C11H22N4O. The van der Waals surface area contributed by atoms with Gasteiger partial charge in [0.05, 0.1) is 0 Å². The van der Waals surface area contributed by atoms with E-state index in [1.54, 1.807) is 0 Å². The Balaban J connectivity index is 1.88. The Labute approximate surface area is 96.7 Å². The number of hydrogen-bond acceptors (Lipinski definition) is 4. The zero-order valence-electron chi connectivity index (χ0n) is 9.93. The maximum Gasteiger partial charge on any atom is 0.225 e. The van der Waals surface area contributed by atoms with E-state index in [4.69, 9.17) is 11.5 Å². The number of piperidine rings is 1. The summed E-state index contributed by atoms with van der Waals surface area (Å²) in [4.78, 5) is 16.3. The van der Waals surface area contributed by atoms with Crippen LogP contribution in [0, 0.1) is 5.92 Å². The highest BCUT2D eigenvalue weighted by atomic mass is 16.2. The third-order valence-electron chi connectivity index (χ3n) is 3.79. The molecule has 0 aliphatic carbocycles. The molecule has 2 aliphatic heterocycles. The molecule has 0 saturated carbocycles. The lowest BCUT2D eigenvalue weighted by atomic mass is 9.96. The van der Waals surface area contributed by atoms with Gasteiger partial charge in [-0.1, -0.05) is 0 Å². The summed E-state index contributed by atoms with van der Waals surface area (Å²) in [5.41, 5.74) is 11.7. The molecule has 2 heterocycles. The second-order valence-corrected chi connectivity index (χ2v) is 5.15. The molecule has 2 fully saturated rings. The van der Waals surface area contributed by atoms with Crippen molar-refractivity contribution in [3.8, 4) is 0 Å². The van der Waals surface area contributed by atoms with E-state index in [9.17, 15) is 4.79 Å².